The van der Waals surface area contributed by atoms with Crippen LogP contribution in [0.15, 0.2) is 42.5 Å². The number of rotatable bonds is 6. The Kier molecular flexibility index (Phi) is 5.47. The molecule has 5 heteroatoms. The van der Waals surface area contributed by atoms with Gasteiger partial charge in [-0.2, -0.15) is 0 Å². The lowest BCUT2D eigenvalue weighted by molar-refractivity contribution is -0.122. The van der Waals surface area contributed by atoms with Gasteiger partial charge >= 0.3 is 0 Å². The number of nitrogens with one attached hydrogen (secondary N) is 1. The first kappa shape index (κ1) is 17.7. The van der Waals surface area contributed by atoms with Gasteiger partial charge < -0.3 is 19.5 Å². The first-order valence-electron chi connectivity index (χ1n) is 9.69. The van der Waals surface area contributed by atoms with Crippen LogP contribution in [0.5, 0.6) is 17.2 Å². The number of para-hydroxylation sites is 1. The van der Waals surface area contributed by atoms with Crippen molar-refractivity contribution in [1.82, 2.24) is 5.32 Å². The third kappa shape index (κ3) is 4.35. The number of carbonyl (C=O) groups is 1. The monoisotopic (exact) mass is 367 g/mol. The average molecular weight is 367 g/mol. The zero-order valence-electron chi connectivity index (χ0n) is 15.4. The quantitative estimate of drug-likeness (QED) is 0.789. The first-order valence-corrected chi connectivity index (χ1v) is 9.69. The predicted octanol–water partition coefficient (Wildman–Crippen LogP) is 3.81. The van der Waals surface area contributed by atoms with Crippen molar-refractivity contribution in [3.8, 4) is 17.2 Å². The lowest BCUT2D eigenvalue weighted by Gasteiger charge is -2.29. The maximum absolute atomic E-state index is 12.4. The molecule has 0 bridgehead atoms. The summed E-state index contributed by atoms with van der Waals surface area (Å²) in [6, 6.07) is 13.9. The summed E-state index contributed by atoms with van der Waals surface area (Å²) < 4.78 is 17.0. The van der Waals surface area contributed by atoms with Crippen LogP contribution in [0.3, 0.4) is 0 Å². The van der Waals surface area contributed by atoms with Gasteiger partial charge in [0.2, 0.25) is 5.91 Å². The Morgan fingerprint density at radius 3 is 2.70 bits per heavy atom. The summed E-state index contributed by atoms with van der Waals surface area (Å²) in [7, 11) is 0. The fourth-order valence-electron chi connectivity index (χ4n) is 3.70. The molecule has 1 amide bonds. The lowest BCUT2D eigenvalue weighted by Crippen LogP contribution is -2.31. The molecule has 1 unspecified atom stereocenters. The molecular formula is C22H25NO4. The molecule has 0 spiro atoms. The highest BCUT2D eigenvalue weighted by atomic mass is 16.6. The van der Waals surface area contributed by atoms with Gasteiger partial charge in [-0.3, -0.25) is 4.79 Å². The highest BCUT2D eigenvalue weighted by Gasteiger charge is 2.25. The van der Waals surface area contributed by atoms with Gasteiger partial charge in [-0.15, -0.1) is 0 Å². The van der Waals surface area contributed by atoms with E-state index in [1.54, 1.807) is 0 Å². The number of benzene rings is 2. The van der Waals surface area contributed by atoms with Gasteiger partial charge in [-0.1, -0.05) is 18.2 Å². The van der Waals surface area contributed by atoms with Gasteiger partial charge in [0.05, 0.1) is 12.6 Å². The van der Waals surface area contributed by atoms with E-state index in [0.717, 1.165) is 36.5 Å². The summed E-state index contributed by atoms with van der Waals surface area (Å²) in [6.07, 6.45) is 4.20. The SMILES string of the molecule is O=C(CCCOc1ccccc1)NC1CCCc2cc3c(cc21)OCCO3. The Labute approximate surface area is 159 Å². The van der Waals surface area contributed by atoms with Crippen molar-refractivity contribution >= 4 is 5.91 Å². The van der Waals surface area contributed by atoms with Gasteiger partial charge in [0.25, 0.3) is 0 Å². The number of fused-ring (bicyclic) bond motifs is 2. The standard InChI is InChI=1S/C22H25NO4/c24-22(10-5-11-25-17-7-2-1-3-8-17)23-19-9-4-6-16-14-20-21(15-18(16)19)27-13-12-26-20/h1-3,7-8,14-15,19H,4-6,9-13H2,(H,23,24). The zero-order valence-corrected chi connectivity index (χ0v) is 15.4. The molecule has 1 atom stereocenters. The van der Waals surface area contributed by atoms with Crippen LogP contribution >= 0.6 is 0 Å². The molecule has 0 saturated carbocycles. The summed E-state index contributed by atoms with van der Waals surface area (Å²) >= 11 is 0. The van der Waals surface area contributed by atoms with Gasteiger partial charge in [0, 0.05) is 6.42 Å². The summed E-state index contributed by atoms with van der Waals surface area (Å²) in [4.78, 5) is 12.4. The van der Waals surface area contributed by atoms with Crippen molar-refractivity contribution in [2.24, 2.45) is 0 Å². The Balaban J connectivity index is 1.31. The van der Waals surface area contributed by atoms with Crippen LogP contribution < -0.4 is 19.5 Å². The molecular weight excluding hydrogens is 342 g/mol. The molecule has 0 aromatic heterocycles. The number of aryl methyl sites for hydroxylation is 1. The second-order valence-corrected chi connectivity index (χ2v) is 6.97. The van der Waals surface area contributed by atoms with Crippen molar-refractivity contribution in [1.29, 1.82) is 0 Å². The van der Waals surface area contributed by atoms with Gasteiger partial charge in [0.15, 0.2) is 11.5 Å². The molecule has 142 valence electrons. The number of ether oxygens (including phenoxy) is 3. The van der Waals surface area contributed by atoms with Crippen molar-refractivity contribution in [2.75, 3.05) is 19.8 Å². The predicted molar refractivity (Wildman–Crippen MR) is 102 cm³/mol. The minimum absolute atomic E-state index is 0.0483. The molecule has 0 saturated heterocycles. The summed E-state index contributed by atoms with van der Waals surface area (Å²) in [6.45, 7) is 1.71. The summed E-state index contributed by atoms with van der Waals surface area (Å²) in [5.41, 5.74) is 2.42. The topological polar surface area (TPSA) is 56.8 Å². The molecule has 0 radical (unpaired) electrons. The van der Waals surface area contributed by atoms with Crippen LogP contribution in [0, 0.1) is 0 Å². The minimum Gasteiger partial charge on any atom is -0.494 e. The van der Waals surface area contributed by atoms with E-state index < -0.39 is 0 Å². The highest BCUT2D eigenvalue weighted by Crippen LogP contribution is 2.39. The normalized spacial score (nSPS) is 17.7. The fraction of sp³-hybridized carbons (Fsp3) is 0.409. The Morgan fingerprint density at radius 1 is 1.11 bits per heavy atom. The van der Waals surface area contributed by atoms with Crippen LogP contribution in [0.4, 0.5) is 0 Å². The third-order valence-corrected chi connectivity index (χ3v) is 5.01. The molecule has 0 fully saturated rings. The van der Waals surface area contributed by atoms with E-state index >= 15 is 0 Å². The largest absolute Gasteiger partial charge is 0.494 e. The molecule has 27 heavy (non-hydrogen) atoms. The van der Waals surface area contributed by atoms with Crippen molar-refractivity contribution in [3.05, 3.63) is 53.6 Å². The van der Waals surface area contributed by atoms with E-state index in [0.29, 0.717) is 32.7 Å². The van der Waals surface area contributed by atoms with E-state index in [1.807, 2.05) is 36.4 Å². The van der Waals surface area contributed by atoms with Gasteiger partial charge in [0.1, 0.15) is 19.0 Å². The molecule has 2 aromatic rings. The maximum atomic E-state index is 12.4. The van der Waals surface area contributed by atoms with Gasteiger partial charge in [-0.25, -0.2) is 0 Å². The summed E-state index contributed by atoms with van der Waals surface area (Å²) in [5.74, 6) is 2.52. The molecule has 1 N–H and O–H groups in total. The van der Waals surface area contributed by atoms with E-state index in [-0.39, 0.29) is 11.9 Å². The minimum atomic E-state index is 0.0483. The third-order valence-electron chi connectivity index (χ3n) is 5.01. The lowest BCUT2D eigenvalue weighted by atomic mass is 9.87. The molecule has 2 aromatic carbocycles. The number of carbonyl (C=O) groups excluding carboxylic acids is 1. The molecule has 1 aliphatic carbocycles. The smallest absolute Gasteiger partial charge is 0.220 e. The Bertz CT molecular complexity index is 790. The molecule has 1 heterocycles. The molecule has 4 rings (SSSR count). The fourth-order valence-corrected chi connectivity index (χ4v) is 3.70. The van der Waals surface area contributed by atoms with Crippen LogP contribution in [-0.2, 0) is 11.2 Å². The van der Waals surface area contributed by atoms with Crippen molar-refractivity contribution in [3.63, 3.8) is 0 Å². The van der Waals surface area contributed by atoms with E-state index in [9.17, 15) is 4.79 Å². The number of hydrogen-bond acceptors (Lipinski definition) is 4. The molecule has 1 aliphatic heterocycles. The van der Waals surface area contributed by atoms with E-state index in [1.165, 1.54) is 11.1 Å². The van der Waals surface area contributed by atoms with Crippen molar-refractivity contribution < 1.29 is 19.0 Å². The van der Waals surface area contributed by atoms with E-state index in [2.05, 4.69) is 11.4 Å². The highest BCUT2D eigenvalue weighted by molar-refractivity contribution is 5.76. The van der Waals surface area contributed by atoms with Crippen LogP contribution in [-0.4, -0.2) is 25.7 Å². The van der Waals surface area contributed by atoms with Crippen molar-refractivity contribution in [2.45, 2.75) is 38.1 Å². The zero-order chi connectivity index (χ0) is 18.5. The summed E-state index contributed by atoms with van der Waals surface area (Å²) in [5, 5.41) is 3.19. The average Bonchev–Trinajstić information content (AvgIpc) is 2.71. The second kappa shape index (κ2) is 8.33. The molecule has 5 nitrogen and oxygen atoms in total. The number of hydrogen-bond donors (Lipinski definition) is 1. The second-order valence-electron chi connectivity index (χ2n) is 6.97. The Morgan fingerprint density at radius 2 is 1.89 bits per heavy atom. The number of amides is 1. The van der Waals surface area contributed by atoms with Gasteiger partial charge in [-0.05, 0) is 61.1 Å². The Hall–Kier alpha value is -2.69. The maximum Gasteiger partial charge on any atom is 0.220 e. The van der Waals surface area contributed by atoms with Crippen LogP contribution in [0.25, 0.3) is 0 Å². The van der Waals surface area contributed by atoms with Crippen LogP contribution in [0.1, 0.15) is 42.9 Å². The van der Waals surface area contributed by atoms with Crippen LogP contribution in [0.2, 0.25) is 0 Å². The first-order chi connectivity index (χ1) is 13.3. The molecule has 2 aliphatic rings. The van der Waals surface area contributed by atoms with E-state index in [4.69, 9.17) is 14.2 Å².